The Morgan fingerprint density at radius 2 is 1.88 bits per heavy atom. The van der Waals surface area contributed by atoms with Gasteiger partial charge in [0.2, 0.25) is 0 Å². The molecule has 0 saturated heterocycles. The maximum absolute atomic E-state index is 11.5. The minimum Gasteiger partial charge on any atom is -0.463 e. The van der Waals surface area contributed by atoms with E-state index in [0.29, 0.717) is 5.58 Å². The van der Waals surface area contributed by atoms with Gasteiger partial charge < -0.3 is 4.42 Å². The van der Waals surface area contributed by atoms with Crippen LogP contribution in [-0.2, 0) is 14.5 Å². The molecule has 0 bridgehead atoms. The summed E-state index contributed by atoms with van der Waals surface area (Å²) in [5, 5.41) is 0.747. The van der Waals surface area contributed by atoms with Crippen LogP contribution in [0.15, 0.2) is 33.8 Å². The summed E-state index contributed by atoms with van der Waals surface area (Å²) in [6.07, 6.45) is 1.46. The van der Waals surface area contributed by atoms with E-state index in [1.807, 2.05) is 26.8 Å². The maximum atomic E-state index is 11.5. The summed E-state index contributed by atoms with van der Waals surface area (Å²) in [5.41, 5.74) is 1.07. The van der Waals surface area contributed by atoms with E-state index in [1.54, 1.807) is 12.1 Å². The fourth-order valence-electron chi connectivity index (χ4n) is 1.66. The number of benzene rings is 1. The number of hydrogen-bond donors (Lipinski definition) is 0. The second kappa shape index (κ2) is 3.75. The van der Waals surface area contributed by atoms with Gasteiger partial charge in [0.05, 0.1) is 6.26 Å². The second-order valence-corrected chi connectivity index (χ2v) is 7.54. The molecule has 0 aliphatic heterocycles. The minimum absolute atomic E-state index is 0.0339. The van der Waals surface area contributed by atoms with Crippen molar-refractivity contribution in [2.75, 3.05) is 0 Å². The summed E-state index contributed by atoms with van der Waals surface area (Å²) in [5.74, 6) is 0. The van der Waals surface area contributed by atoms with Crippen molar-refractivity contribution >= 4 is 30.7 Å². The van der Waals surface area contributed by atoms with Crippen molar-refractivity contribution in [3.8, 4) is 0 Å². The molecule has 17 heavy (non-hydrogen) atoms. The molecule has 1 heterocycles. The monoisotopic (exact) mass is 272 g/mol. The third-order valence-electron chi connectivity index (χ3n) is 2.65. The first-order chi connectivity index (χ1) is 7.69. The Balaban J connectivity index is 2.86. The van der Waals surface area contributed by atoms with Crippen LogP contribution in [0.25, 0.3) is 11.0 Å². The Morgan fingerprint density at radius 3 is 2.41 bits per heavy atom. The third kappa shape index (κ3) is 2.33. The van der Waals surface area contributed by atoms with E-state index in [0.717, 1.165) is 10.9 Å². The summed E-state index contributed by atoms with van der Waals surface area (Å²) in [6.45, 7) is 6.04. The zero-order chi connectivity index (χ0) is 12.8. The molecule has 0 saturated carbocycles. The highest BCUT2D eigenvalue weighted by molar-refractivity contribution is 8.14. The van der Waals surface area contributed by atoms with E-state index in [-0.39, 0.29) is 10.3 Å². The Bertz CT molecular complexity index is 663. The van der Waals surface area contributed by atoms with Crippen molar-refractivity contribution in [2.45, 2.75) is 31.1 Å². The van der Waals surface area contributed by atoms with Crippen LogP contribution in [0.5, 0.6) is 0 Å². The molecule has 0 aliphatic carbocycles. The fraction of sp³-hybridized carbons (Fsp3) is 0.333. The molecular weight excluding hydrogens is 260 g/mol. The fourth-order valence-corrected chi connectivity index (χ4v) is 2.66. The highest BCUT2D eigenvalue weighted by Gasteiger charge is 2.22. The molecule has 0 unspecified atom stereocenters. The molecule has 5 heteroatoms. The topological polar surface area (TPSA) is 47.3 Å². The first-order valence-corrected chi connectivity index (χ1v) is 7.47. The molecule has 0 N–H and O–H groups in total. The zero-order valence-electron chi connectivity index (χ0n) is 9.82. The molecule has 1 aromatic carbocycles. The van der Waals surface area contributed by atoms with Crippen LogP contribution in [0.2, 0.25) is 0 Å². The summed E-state index contributed by atoms with van der Waals surface area (Å²) >= 11 is 0. The van der Waals surface area contributed by atoms with E-state index in [1.165, 1.54) is 6.26 Å². The summed E-state index contributed by atoms with van der Waals surface area (Å²) in [6, 6.07) is 5.23. The van der Waals surface area contributed by atoms with Crippen molar-refractivity contribution in [2.24, 2.45) is 0 Å². The Hall–Kier alpha value is -1.00. The van der Waals surface area contributed by atoms with E-state index >= 15 is 0 Å². The second-order valence-electron chi connectivity index (χ2n) is 5.00. The largest absolute Gasteiger partial charge is 0.463 e. The lowest BCUT2D eigenvalue weighted by Crippen LogP contribution is -2.11. The molecular formula is C12H13ClO3S. The number of halogens is 1. The molecule has 0 radical (unpaired) electrons. The summed E-state index contributed by atoms with van der Waals surface area (Å²) < 4.78 is 28.2. The van der Waals surface area contributed by atoms with Gasteiger partial charge in [0.25, 0.3) is 9.05 Å². The number of fused-ring (bicyclic) bond motifs is 1. The normalized spacial score (nSPS) is 13.2. The molecule has 3 nitrogen and oxygen atoms in total. The Morgan fingerprint density at radius 1 is 1.24 bits per heavy atom. The summed E-state index contributed by atoms with van der Waals surface area (Å²) in [7, 11) is 1.63. The molecule has 0 fully saturated rings. The van der Waals surface area contributed by atoms with Gasteiger partial charge in [-0.25, -0.2) is 8.42 Å². The standard InChI is InChI=1S/C12H13ClO3S/c1-12(2,3)9-6-8-4-5-16-11(8)10(7-9)17(13,14)15/h4-7H,1-3H3. The average Bonchev–Trinajstić information content (AvgIpc) is 2.59. The maximum Gasteiger partial charge on any atom is 0.265 e. The van der Waals surface area contributed by atoms with Crippen LogP contribution in [0.4, 0.5) is 0 Å². The molecule has 2 aromatic rings. The van der Waals surface area contributed by atoms with Gasteiger partial charge in [0.15, 0.2) is 5.58 Å². The number of rotatable bonds is 1. The van der Waals surface area contributed by atoms with Crippen LogP contribution in [0, 0.1) is 0 Å². The molecule has 0 aliphatic rings. The van der Waals surface area contributed by atoms with Gasteiger partial charge in [-0.05, 0) is 29.2 Å². The third-order valence-corrected chi connectivity index (χ3v) is 3.97. The van der Waals surface area contributed by atoms with Crippen molar-refractivity contribution in [3.05, 3.63) is 30.0 Å². The Kier molecular flexibility index (Phi) is 2.75. The van der Waals surface area contributed by atoms with Gasteiger partial charge >= 0.3 is 0 Å². The van der Waals surface area contributed by atoms with Crippen molar-refractivity contribution < 1.29 is 12.8 Å². The SMILES string of the molecule is CC(C)(C)c1cc(S(=O)(=O)Cl)c2occc2c1. The first-order valence-electron chi connectivity index (χ1n) is 5.16. The minimum atomic E-state index is -3.80. The molecule has 0 atom stereocenters. The molecule has 0 spiro atoms. The highest BCUT2D eigenvalue weighted by Crippen LogP contribution is 2.33. The van der Waals surface area contributed by atoms with E-state index in [4.69, 9.17) is 15.1 Å². The first kappa shape index (κ1) is 12.5. The molecule has 2 rings (SSSR count). The van der Waals surface area contributed by atoms with Crippen LogP contribution in [-0.4, -0.2) is 8.42 Å². The smallest absolute Gasteiger partial charge is 0.265 e. The lowest BCUT2D eigenvalue weighted by atomic mass is 9.86. The van der Waals surface area contributed by atoms with Gasteiger partial charge in [-0.3, -0.25) is 0 Å². The predicted octanol–water partition coefficient (Wildman–Crippen LogP) is 3.66. The summed E-state index contributed by atoms with van der Waals surface area (Å²) in [4.78, 5) is 0.0339. The highest BCUT2D eigenvalue weighted by atomic mass is 35.7. The van der Waals surface area contributed by atoms with Crippen molar-refractivity contribution in [3.63, 3.8) is 0 Å². The quantitative estimate of drug-likeness (QED) is 0.745. The van der Waals surface area contributed by atoms with Crippen LogP contribution in [0.1, 0.15) is 26.3 Å². The molecule has 0 amide bonds. The lowest BCUT2D eigenvalue weighted by molar-refractivity contribution is 0.580. The predicted molar refractivity (Wildman–Crippen MR) is 68.0 cm³/mol. The van der Waals surface area contributed by atoms with E-state index in [9.17, 15) is 8.42 Å². The van der Waals surface area contributed by atoms with Crippen LogP contribution >= 0.6 is 10.7 Å². The number of furan rings is 1. The number of hydrogen-bond acceptors (Lipinski definition) is 3. The van der Waals surface area contributed by atoms with E-state index in [2.05, 4.69) is 0 Å². The average molecular weight is 273 g/mol. The van der Waals surface area contributed by atoms with Gasteiger partial charge in [-0.2, -0.15) is 0 Å². The van der Waals surface area contributed by atoms with Gasteiger partial charge in [-0.15, -0.1) is 0 Å². The van der Waals surface area contributed by atoms with Gasteiger partial charge in [0.1, 0.15) is 4.90 Å². The zero-order valence-corrected chi connectivity index (χ0v) is 11.4. The van der Waals surface area contributed by atoms with Crippen LogP contribution in [0.3, 0.4) is 0 Å². The molecule has 92 valence electrons. The van der Waals surface area contributed by atoms with Gasteiger partial charge in [-0.1, -0.05) is 20.8 Å². The van der Waals surface area contributed by atoms with Crippen molar-refractivity contribution in [1.82, 2.24) is 0 Å². The lowest BCUT2D eigenvalue weighted by Gasteiger charge is -2.19. The van der Waals surface area contributed by atoms with E-state index < -0.39 is 9.05 Å². The van der Waals surface area contributed by atoms with Crippen LogP contribution < -0.4 is 0 Å². The Labute approximate surface area is 105 Å². The molecule has 1 aromatic heterocycles. The van der Waals surface area contributed by atoms with Crippen molar-refractivity contribution in [1.29, 1.82) is 0 Å². The van der Waals surface area contributed by atoms with Gasteiger partial charge in [0, 0.05) is 16.1 Å².